The Balaban J connectivity index is 1.71. The number of aryl methyl sites for hydroxylation is 2. The van der Waals surface area contributed by atoms with E-state index in [0.29, 0.717) is 6.61 Å². The minimum atomic E-state index is 0.478. The number of nitrogens with zero attached hydrogens (tertiary/aromatic N) is 1. The van der Waals surface area contributed by atoms with Crippen LogP contribution in [-0.2, 0) is 6.61 Å². The van der Waals surface area contributed by atoms with E-state index in [9.17, 15) is 0 Å². The molecule has 2 aromatic carbocycles. The van der Waals surface area contributed by atoms with E-state index in [1.165, 1.54) is 11.1 Å². The molecule has 1 heterocycles. The lowest BCUT2D eigenvalue weighted by atomic mass is 10.1. The molecular weight excluding hydrogens is 262 g/mol. The molecule has 0 spiro atoms. The monoisotopic (exact) mass is 279 g/mol. The molecule has 3 rings (SSSR count). The van der Waals surface area contributed by atoms with E-state index < -0.39 is 0 Å². The van der Waals surface area contributed by atoms with Gasteiger partial charge in [-0.1, -0.05) is 47.6 Å². The van der Waals surface area contributed by atoms with Crippen molar-refractivity contribution in [1.29, 1.82) is 0 Å². The Kier molecular flexibility index (Phi) is 3.73. The first kappa shape index (κ1) is 13.4. The molecule has 0 aliphatic carbocycles. The second-order valence-electron chi connectivity index (χ2n) is 4.98. The van der Waals surface area contributed by atoms with Crippen LogP contribution in [-0.4, -0.2) is 5.16 Å². The van der Waals surface area contributed by atoms with Gasteiger partial charge in [-0.2, -0.15) is 0 Å². The van der Waals surface area contributed by atoms with Crippen molar-refractivity contribution in [1.82, 2.24) is 5.16 Å². The Morgan fingerprint density at radius 3 is 2.19 bits per heavy atom. The first-order valence-electron chi connectivity index (χ1n) is 6.94. The third-order valence-corrected chi connectivity index (χ3v) is 3.53. The minimum Gasteiger partial charge on any atom is -0.489 e. The van der Waals surface area contributed by atoms with Crippen molar-refractivity contribution < 1.29 is 9.26 Å². The second-order valence-corrected chi connectivity index (χ2v) is 4.98. The normalized spacial score (nSPS) is 10.6. The van der Waals surface area contributed by atoms with Gasteiger partial charge in [0, 0.05) is 0 Å². The van der Waals surface area contributed by atoms with Crippen molar-refractivity contribution in [2.24, 2.45) is 0 Å². The minimum absolute atomic E-state index is 0.478. The van der Waals surface area contributed by atoms with Crippen LogP contribution in [0.3, 0.4) is 0 Å². The SMILES string of the molecule is Cc1noc(C)c1COc1ccc(-c2ccccc2)cc1. The molecule has 106 valence electrons. The summed E-state index contributed by atoms with van der Waals surface area (Å²) in [4.78, 5) is 0. The van der Waals surface area contributed by atoms with Crippen LogP contribution < -0.4 is 4.74 Å². The fourth-order valence-electron chi connectivity index (χ4n) is 2.24. The van der Waals surface area contributed by atoms with Crippen molar-refractivity contribution in [3.05, 3.63) is 71.6 Å². The van der Waals surface area contributed by atoms with Gasteiger partial charge in [-0.15, -0.1) is 0 Å². The van der Waals surface area contributed by atoms with Crippen molar-refractivity contribution >= 4 is 0 Å². The molecular formula is C18H17NO2. The maximum Gasteiger partial charge on any atom is 0.140 e. The van der Waals surface area contributed by atoms with E-state index in [1.807, 2.05) is 44.2 Å². The van der Waals surface area contributed by atoms with Crippen LogP contribution in [0.2, 0.25) is 0 Å². The number of hydrogen-bond acceptors (Lipinski definition) is 3. The molecule has 3 nitrogen and oxygen atoms in total. The van der Waals surface area contributed by atoms with Gasteiger partial charge in [0.2, 0.25) is 0 Å². The summed E-state index contributed by atoms with van der Waals surface area (Å²) in [6, 6.07) is 18.4. The highest BCUT2D eigenvalue weighted by atomic mass is 16.5. The van der Waals surface area contributed by atoms with E-state index in [-0.39, 0.29) is 0 Å². The average molecular weight is 279 g/mol. The molecule has 3 heteroatoms. The summed E-state index contributed by atoms with van der Waals surface area (Å²) in [6.45, 7) is 4.30. The van der Waals surface area contributed by atoms with Crippen molar-refractivity contribution in [2.75, 3.05) is 0 Å². The maximum absolute atomic E-state index is 5.80. The van der Waals surface area contributed by atoms with Crippen molar-refractivity contribution in [2.45, 2.75) is 20.5 Å². The van der Waals surface area contributed by atoms with Crippen LogP contribution in [0.4, 0.5) is 0 Å². The van der Waals surface area contributed by atoms with Crippen molar-refractivity contribution in [3.63, 3.8) is 0 Å². The van der Waals surface area contributed by atoms with Crippen LogP contribution in [0.25, 0.3) is 11.1 Å². The number of ether oxygens (including phenoxy) is 1. The molecule has 0 bridgehead atoms. The standard InChI is InChI=1S/C18H17NO2/c1-13-18(14(2)21-19-13)12-20-17-10-8-16(9-11-17)15-6-4-3-5-7-15/h3-11H,12H2,1-2H3. The first-order valence-corrected chi connectivity index (χ1v) is 6.94. The van der Waals surface area contributed by atoms with Gasteiger partial charge in [-0.25, -0.2) is 0 Å². The number of rotatable bonds is 4. The molecule has 0 aliphatic rings. The van der Waals surface area contributed by atoms with E-state index in [1.54, 1.807) is 0 Å². The van der Waals surface area contributed by atoms with Crippen LogP contribution in [0.15, 0.2) is 59.1 Å². The summed E-state index contributed by atoms with van der Waals surface area (Å²) in [5.74, 6) is 1.66. The molecule has 0 saturated carbocycles. The molecule has 0 N–H and O–H groups in total. The molecule has 1 aromatic heterocycles. The van der Waals surface area contributed by atoms with Gasteiger partial charge in [0.05, 0.1) is 11.3 Å². The van der Waals surface area contributed by atoms with Crippen molar-refractivity contribution in [3.8, 4) is 16.9 Å². The zero-order valence-corrected chi connectivity index (χ0v) is 12.2. The fraction of sp³-hybridized carbons (Fsp3) is 0.167. The van der Waals surface area contributed by atoms with E-state index >= 15 is 0 Å². The van der Waals surface area contributed by atoms with E-state index in [0.717, 1.165) is 22.8 Å². The van der Waals surface area contributed by atoms with Gasteiger partial charge in [-0.3, -0.25) is 0 Å². The summed E-state index contributed by atoms with van der Waals surface area (Å²) in [7, 11) is 0. The quantitative estimate of drug-likeness (QED) is 0.703. The predicted molar refractivity (Wildman–Crippen MR) is 82.2 cm³/mol. The lowest BCUT2D eigenvalue weighted by molar-refractivity contribution is 0.302. The summed E-state index contributed by atoms with van der Waals surface area (Å²) in [6.07, 6.45) is 0. The number of aromatic nitrogens is 1. The van der Waals surface area contributed by atoms with Crippen LogP contribution in [0, 0.1) is 13.8 Å². The highest BCUT2D eigenvalue weighted by Gasteiger charge is 2.09. The molecule has 0 radical (unpaired) electrons. The maximum atomic E-state index is 5.80. The first-order chi connectivity index (χ1) is 10.2. The zero-order valence-electron chi connectivity index (χ0n) is 12.2. The number of hydrogen-bond donors (Lipinski definition) is 0. The van der Waals surface area contributed by atoms with Gasteiger partial charge in [0.1, 0.15) is 18.1 Å². The fourth-order valence-corrected chi connectivity index (χ4v) is 2.24. The van der Waals surface area contributed by atoms with Crippen LogP contribution in [0.1, 0.15) is 17.0 Å². The van der Waals surface area contributed by atoms with Crippen LogP contribution >= 0.6 is 0 Å². The van der Waals surface area contributed by atoms with Gasteiger partial charge < -0.3 is 9.26 Å². The summed E-state index contributed by atoms with van der Waals surface area (Å²) in [5.41, 5.74) is 4.28. The highest BCUT2D eigenvalue weighted by Crippen LogP contribution is 2.23. The summed E-state index contributed by atoms with van der Waals surface area (Å²) in [5, 5.41) is 3.93. The molecule has 0 unspecified atom stereocenters. The Morgan fingerprint density at radius 2 is 1.57 bits per heavy atom. The van der Waals surface area contributed by atoms with Gasteiger partial charge >= 0.3 is 0 Å². The molecule has 0 atom stereocenters. The lowest BCUT2D eigenvalue weighted by Gasteiger charge is -2.07. The lowest BCUT2D eigenvalue weighted by Crippen LogP contribution is -1.97. The van der Waals surface area contributed by atoms with Gasteiger partial charge in [0.25, 0.3) is 0 Å². The molecule has 0 fully saturated rings. The zero-order chi connectivity index (χ0) is 14.7. The Labute approximate surface area is 124 Å². The molecule has 21 heavy (non-hydrogen) atoms. The highest BCUT2D eigenvalue weighted by molar-refractivity contribution is 5.63. The van der Waals surface area contributed by atoms with Gasteiger partial charge in [0.15, 0.2) is 0 Å². The summed E-state index contributed by atoms with van der Waals surface area (Å²) < 4.78 is 10.9. The van der Waals surface area contributed by atoms with Crippen LogP contribution in [0.5, 0.6) is 5.75 Å². The third kappa shape index (κ3) is 2.97. The smallest absolute Gasteiger partial charge is 0.140 e. The average Bonchev–Trinajstić information content (AvgIpc) is 2.85. The number of benzene rings is 2. The second kappa shape index (κ2) is 5.83. The Morgan fingerprint density at radius 1 is 0.905 bits per heavy atom. The van der Waals surface area contributed by atoms with E-state index in [4.69, 9.17) is 9.26 Å². The Hall–Kier alpha value is -2.55. The topological polar surface area (TPSA) is 35.3 Å². The molecule has 0 amide bonds. The predicted octanol–water partition coefficient (Wildman–Crippen LogP) is 4.54. The largest absolute Gasteiger partial charge is 0.489 e. The van der Waals surface area contributed by atoms with E-state index in [2.05, 4.69) is 29.4 Å². The third-order valence-electron chi connectivity index (χ3n) is 3.53. The summed E-state index contributed by atoms with van der Waals surface area (Å²) >= 11 is 0. The molecule has 3 aromatic rings. The van der Waals surface area contributed by atoms with Gasteiger partial charge in [-0.05, 0) is 37.1 Å². The molecule has 0 saturated heterocycles. The Bertz CT molecular complexity index is 695. The molecule has 0 aliphatic heterocycles.